The highest BCUT2D eigenvalue weighted by molar-refractivity contribution is 5.94. The van der Waals surface area contributed by atoms with Crippen molar-refractivity contribution in [3.05, 3.63) is 33.7 Å². The zero-order valence-corrected chi connectivity index (χ0v) is 17.7. The topological polar surface area (TPSA) is 85.5 Å². The molecule has 3 rings (SSSR count). The molecule has 1 unspecified atom stereocenters. The molecule has 2 N–H and O–H groups in total. The van der Waals surface area contributed by atoms with E-state index in [9.17, 15) is 14.4 Å². The van der Waals surface area contributed by atoms with Crippen molar-refractivity contribution in [2.75, 3.05) is 32.7 Å². The van der Waals surface area contributed by atoms with Crippen LogP contribution in [0.2, 0.25) is 0 Å². The Hall–Kier alpha value is -2.15. The van der Waals surface area contributed by atoms with E-state index in [0.717, 1.165) is 38.9 Å². The van der Waals surface area contributed by atoms with Crippen LogP contribution in [0.5, 0.6) is 0 Å². The summed E-state index contributed by atoms with van der Waals surface area (Å²) in [5.41, 5.74) is 0.910. The summed E-state index contributed by atoms with van der Waals surface area (Å²) in [6.45, 7) is 8.28. The summed E-state index contributed by atoms with van der Waals surface area (Å²) in [5, 5.41) is 3.11. The summed E-state index contributed by atoms with van der Waals surface area (Å²) in [6, 6.07) is 3.59. The minimum Gasteiger partial charge on any atom is -0.355 e. The number of carbonyl (C=O) groups is 2. The molecule has 0 bridgehead atoms. The number of hydrogen-bond donors (Lipinski definition) is 2. The van der Waals surface area contributed by atoms with Crippen LogP contribution in [0.4, 0.5) is 0 Å². The van der Waals surface area contributed by atoms with Gasteiger partial charge >= 0.3 is 0 Å². The molecular formula is C22H34N4O3. The fourth-order valence-corrected chi connectivity index (χ4v) is 4.61. The zero-order chi connectivity index (χ0) is 20.8. The lowest BCUT2D eigenvalue weighted by Gasteiger charge is -2.32. The van der Waals surface area contributed by atoms with E-state index in [4.69, 9.17) is 0 Å². The number of aryl methyl sites for hydroxylation is 1. The molecule has 0 saturated carbocycles. The molecule has 0 aromatic carbocycles. The SMILES string of the molecule is CCN1CCCC1CNC(=O)CCC1CCN(C(=O)c2cc(C)[nH]c(=O)c2)CC1. The quantitative estimate of drug-likeness (QED) is 0.730. The molecule has 3 heterocycles. The molecule has 1 aromatic heterocycles. The number of nitrogens with one attached hydrogen (secondary N) is 2. The number of aromatic nitrogens is 1. The number of nitrogens with zero attached hydrogens (tertiary/aromatic N) is 2. The third-order valence-corrected chi connectivity index (χ3v) is 6.35. The largest absolute Gasteiger partial charge is 0.355 e. The maximum Gasteiger partial charge on any atom is 0.254 e. The number of H-pyrrole nitrogens is 1. The summed E-state index contributed by atoms with van der Waals surface area (Å²) in [4.78, 5) is 43.4. The maximum absolute atomic E-state index is 12.6. The number of hydrogen-bond acceptors (Lipinski definition) is 4. The van der Waals surface area contributed by atoms with E-state index in [1.807, 2.05) is 4.90 Å². The van der Waals surface area contributed by atoms with E-state index < -0.39 is 0 Å². The number of piperidine rings is 1. The van der Waals surface area contributed by atoms with Crippen LogP contribution >= 0.6 is 0 Å². The van der Waals surface area contributed by atoms with Gasteiger partial charge in [-0.3, -0.25) is 19.3 Å². The van der Waals surface area contributed by atoms with Gasteiger partial charge in [0.05, 0.1) is 0 Å². The molecule has 7 nitrogen and oxygen atoms in total. The molecule has 0 radical (unpaired) electrons. The molecule has 7 heteroatoms. The van der Waals surface area contributed by atoms with Gasteiger partial charge in [-0.05, 0) is 64.1 Å². The molecule has 160 valence electrons. The highest BCUT2D eigenvalue weighted by atomic mass is 16.2. The Morgan fingerprint density at radius 2 is 1.93 bits per heavy atom. The number of carbonyl (C=O) groups excluding carboxylic acids is 2. The van der Waals surface area contributed by atoms with Crippen LogP contribution in [0, 0.1) is 12.8 Å². The monoisotopic (exact) mass is 402 g/mol. The van der Waals surface area contributed by atoms with Crippen molar-refractivity contribution in [2.45, 2.75) is 58.4 Å². The summed E-state index contributed by atoms with van der Waals surface area (Å²) in [6.07, 6.45) is 5.65. The first-order valence-electron chi connectivity index (χ1n) is 11.0. The number of aromatic amines is 1. The van der Waals surface area contributed by atoms with Gasteiger partial charge in [0.15, 0.2) is 0 Å². The third-order valence-electron chi connectivity index (χ3n) is 6.35. The van der Waals surface area contributed by atoms with Crippen molar-refractivity contribution in [3.8, 4) is 0 Å². The average Bonchev–Trinajstić information content (AvgIpc) is 3.17. The van der Waals surface area contributed by atoms with Crippen molar-refractivity contribution in [1.82, 2.24) is 20.1 Å². The molecular weight excluding hydrogens is 368 g/mol. The Bertz CT molecular complexity index is 768. The van der Waals surface area contributed by atoms with E-state index >= 15 is 0 Å². The van der Waals surface area contributed by atoms with Gasteiger partial charge in [0, 0.05) is 49.4 Å². The molecule has 0 spiro atoms. The average molecular weight is 403 g/mol. The summed E-state index contributed by atoms with van der Waals surface area (Å²) >= 11 is 0. The van der Waals surface area contributed by atoms with Gasteiger partial charge in [-0.15, -0.1) is 0 Å². The number of likely N-dealkylation sites (tertiary alicyclic amines) is 2. The predicted octanol–water partition coefficient (Wildman–Crippen LogP) is 1.92. The van der Waals surface area contributed by atoms with Gasteiger partial charge < -0.3 is 15.2 Å². The Morgan fingerprint density at radius 3 is 2.62 bits per heavy atom. The lowest BCUT2D eigenvalue weighted by molar-refractivity contribution is -0.121. The highest BCUT2D eigenvalue weighted by Crippen LogP contribution is 2.23. The summed E-state index contributed by atoms with van der Waals surface area (Å²) < 4.78 is 0. The second-order valence-electron chi connectivity index (χ2n) is 8.42. The molecule has 2 saturated heterocycles. The van der Waals surface area contributed by atoms with Crippen molar-refractivity contribution < 1.29 is 9.59 Å². The second-order valence-corrected chi connectivity index (χ2v) is 8.42. The number of rotatable bonds is 7. The van der Waals surface area contributed by atoms with Crippen molar-refractivity contribution in [1.29, 1.82) is 0 Å². The van der Waals surface area contributed by atoms with Crippen molar-refractivity contribution >= 4 is 11.8 Å². The van der Waals surface area contributed by atoms with E-state index in [0.29, 0.717) is 42.7 Å². The minimum atomic E-state index is -0.242. The molecule has 2 aliphatic heterocycles. The standard InChI is InChI=1S/C22H34N4O3/c1-3-25-10-4-5-19(25)15-23-20(27)7-6-17-8-11-26(12-9-17)22(29)18-13-16(2)24-21(28)14-18/h13-14,17,19H,3-12,15H2,1-2H3,(H,23,27)(H,24,28). The fourth-order valence-electron chi connectivity index (χ4n) is 4.61. The van der Waals surface area contributed by atoms with E-state index in [2.05, 4.69) is 22.1 Å². The van der Waals surface area contributed by atoms with Gasteiger partial charge in [-0.2, -0.15) is 0 Å². The minimum absolute atomic E-state index is 0.0764. The first-order valence-corrected chi connectivity index (χ1v) is 11.0. The lowest BCUT2D eigenvalue weighted by Crippen LogP contribution is -2.40. The van der Waals surface area contributed by atoms with Gasteiger partial charge in [0.1, 0.15) is 0 Å². The number of likely N-dealkylation sites (N-methyl/N-ethyl adjacent to an activating group) is 1. The Morgan fingerprint density at radius 1 is 1.17 bits per heavy atom. The lowest BCUT2D eigenvalue weighted by atomic mass is 9.91. The molecule has 1 aromatic rings. The van der Waals surface area contributed by atoms with Crippen LogP contribution in [-0.2, 0) is 4.79 Å². The Balaban J connectivity index is 1.38. The Kier molecular flexibility index (Phi) is 7.47. The second kappa shape index (κ2) is 10.1. The molecule has 2 aliphatic rings. The van der Waals surface area contributed by atoms with Crippen LogP contribution in [0.3, 0.4) is 0 Å². The zero-order valence-electron chi connectivity index (χ0n) is 17.7. The molecule has 2 fully saturated rings. The first kappa shape index (κ1) is 21.6. The molecule has 1 atom stereocenters. The van der Waals surface area contributed by atoms with Crippen LogP contribution in [0.15, 0.2) is 16.9 Å². The number of amides is 2. The van der Waals surface area contributed by atoms with Crippen LogP contribution in [0.1, 0.15) is 61.5 Å². The highest BCUT2D eigenvalue weighted by Gasteiger charge is 2.25. The van der Waals surface area contributed by atoms with Gasteiger partial charge in [0.2, 0.25) is 11.5 Å². The maximum atomic E-state index is 12.6. The van der Waals surface area contributed by atoms with Gasteiger partial charge in [-0.1, -0.05) is 6.92 Å². The van der Waals surface area contributed by atoms with E-state index in [1.165, 1.54) is 18.9 Å². The first-order chi connectivity index (χ1) is 14.0. The molecule has 2 amide bonds. The summed E-state index contributed by atoms with van der Waals surface area (Å²) in [5.74, 6) is 0.544. The van der Waals surface area contributed by atoms with E-state index in [-0.39, 0.29) is 17.4 Å². The summed E-state index contributed by atoms with van der Waals surface area (Å²) in [7, 11) is 0. The molecule has 0 aliphatic carbocycles. The third kappa shape index (κ3) is 5.92. The van der Waals surface area contributed by atoms with E-state index in [1.54, 1.807) is 13.0 Å². The molecule has 29 heavy (non-hydrogen) atoms. The van der Waals surface area contributed by atoms with Gasteiger partial charge in [0.25, 0.3) is 5.91 Å². The Labute approximate surface area is 172 Å². The normalized spacial score (nSPS) is 20.8. The van der Waals surface area contributed by atoms with Crippen LogP contribution < -0.4 is 10.9 Å². The van der Waals surface area contributed by atoms with Gasteiger partial charge in [-0.25, -0.2) is 0 Å². The van der Waals surface area contributed by atoms with Crippen LogP contribution in [-0.4, -0.2) is 65.4 Å². The fraction of sp³-hybridized carbons (Fsp3) is 0.682. The predicted molar refractivity (Wildman–Crippen MR) is 113 cm³/mol. The smallest absolute Gasteiger partial charge is 0.254 e. The van der Waals surface area contributed by atoms with Crippen molar-refractivity contribution in [2.24, 2.45) is 5.92 Å². The van der Waals surface area contributed by atoms with Crippen molar-refractivity contribution in [3.63, 3.8) is 0 Å². The number of pyridine rings is 1. The van der Waals surface area contributed by atoms with Crippen LogP contribution in [0.25, 0.3) is 0 Å².